The van der Waals surface area contributed by atoms with Gasteiger partial charge in [0.2, 0.25) is 15.9 Å². The van der Waals surface area contributed by atoms with Crippen molar-refractivity contribution in [2.75, 3.05) is 18.8 Å². The zero-order chi connectivity index (χ0) is 10.3. The van der Waals surface area contributed by atoms with Crippen molar-refractivity contribution >= 4 is 15.9 Å². The number of sulfonamides is 1. The molecule has 0 unspecified atom stereocenters. The Morgan fingerprint density at radius 1 is 1.54 bits per heavy atom. The number of carbonyl (C=O) groups is 1. The predicted octanol–water partition coefficient (Wildman–Crippen LogP) is -0.857. The molecule has 0 aromatic carbocycles. The molecule has 1 heterocycles. The Kier molecular flexibility index (Phi) is 2.38. The van der Waals surface area contributed by atoms with Gasteiger partial charge in [-0.2, -0.15) is 0 Å². The van der Waals surface area contributed by atoms with Crippen LogP contribution in [0.1, 0.15) is 13.8 Å². The molecule has 0 aliphatic carbocycles. The summed E-state index contributed by atoms with van der Waals surface area (Å²) in [5, 5.41) is 0. The molecule has 0 aromatic rings. The Bertz CT molecular complexity index is 321. The molecule has 1 rings (SSSR count). The van der Waals surface area contributed by atoms with E-state index in [1.165, 1.54) is 0 Å². The van der Waals surface area contributed by atoms with Gasteiger partial charge in [-0.3, -0.25) is 4.79 Å². The summed E-state index contributed by atoms with van der Waals surface area (Å²) in [7, 11) is -3.40. The van der Waals surface area contributed by atoms with Crippen molar-refractivity contribution < 1.29 is 13.2 Å². The van der Waals surface area contributed by atoms with E-state index in [1.807, 2.05) is 0 Å². The Labute approximate surface area is 77.9 Å². The van der Waals surface area contributed by atoms with Crippen LogP contribution in [0, 0.1) is 5.41 Å². The molecule has 1 saturated heterocycles. The molecule has 0 spiro atoms. The van der Waals surface area contributed by atoms with Gasteiger partial charge in [0.25, 0.3) is 0 Å². The first-order valence-electron chi connectivity index (χ1n) is 4.06. The molecule has 0 aromatic heterocycles. The number of hydrogen-bond donors (Lipinski definition) is 1. The van der Waals surface area contributed by atoms with Gasteiger partial charge in [0.05, 0.1) is 11.2 Å². The molecule has 1 aliphatic heterocycles. The Morgan fingerprint density at radius 2 is 2.08 bits per heavy atom. The van der Waals surface area contributed by atoms with Crippen molar-refractivity contribution in [1.82, 2.24) is 4.31 Å². The minimum atomic E-state index is -3.40. The third-order valence-electron chi connectivity index (χ3n) is 2.02. The summed E-state index contributed by atoms with van der Waals surface area (Å²) in [6, 6.07) is 0. The molecule has 0 atom stereocenters. The molecule has 13 heavy (non-hydrogen) atoms. The lowest BCUT2D eigenvalue weighted by Gasteiger charge is -2.15. The molecule has 1 aliphatic rings. The first-order valence-corrected chi connectivity index (χ1v) is 5.67. The van der Waals surface area contributed by atoms with Crippen molar-refractivity contribution in [2.45, 2.75) is 13.8 Å². The van der Waals surface area contributed by atoms with Crippen LogP contribution in [0.25, 0.3) is 0 Å². The summed E-state index contributed by atoms with van der Waals surface area (Å²) in [6.07, 6.45) is 0. The van der Waals surface area contributed by atoms with Gasteiger partial charge in [-0.25, -0.2) is 12.7 Å². The van der Waals surface area contributed by atoms with E-state index in [1.54, 1.807) is 13.8 Å². The minimum Gasteiger partial charge on any atom is -0.329 e. The van der Waals surface area contributed by atoms with Crippen molar-refractivity contribution in [2.24, 2.45) is 11.1 Å². The van der Waals surface area contributed by atoms with E-state index in [0.29, 0.717) is 0 Å². The average Bonchev–Trinajstić information content (AvgIpc) is 2.09. The average molecular weight is 206 g/mol. The second-order valence-corrected chi connectivity index (χ2v) is 5.70. The van der Waals surface area contributed by atoms with Crippen molar-refractivity contribution in [3.05, 3.63) is 0 Å². The maximum Gasteiger partial charge on any atom is 0.242 e. The highest BCUT2D eigenvalue weighted by atomic mass is 32.2. The predicted molar refractivity (Wildman–Crippen MR) is 48.3 cm³/mol. The third-order valence-corrected chi connectivity index (χ3v) is 4.12. The lowest BCUT2D eigenvalue weighted by molar-refractivity contribution is -0.132. The first kappa shape index (κ1) is 10.5. The van der Waals surface area contributed by atoms with E-state index in [0.717, 1.165) is 4.31 Å². The Hall–Kier alpha value is -0.620. The molecular weight excluding hydrogens is 192 g/mol. The molecule has 1 amide bonds. The number of nitrogens with zero attached hydrogens (tertiary/aromatic N) is 1. The van der Waals surface area contributed by atoms with Crippen molar-refractivity contribution in [3.8, 4) is 0 Å². The number of rotatable bonds is 2. The smallest absolute Gasteiger partial charge is 0.242 e. The van der Waals surface area contributed by atoms with Crippen molar-refractivity contribution in [3.63, 3.8) is 0 Å². The highest BCUT2D eigenvalue weighted by molar-refractivity contribution is 7.90. The Morgan fingerprint density at radius 3 is 2.38 bits per heavy atom. The fourth-order valence-corrected chi connectivity index (χ4v) is 3.49. The maximum absolute atomic E-state index is 11.5. The topological polar surface area (TPSA) is 80.5 Å². The molecule has 5 nitrogen and oxygen atoms in total. The van der Waals surface area contributed by atoms with Crippen molar-refractivity contribution in [1.29, 1.82) is 0 Å². The fourth-order valence-electron chi connectivity index (χ4n) is 1.42. The van der Waals surface area contributed by atoms with Crippen LogP contribution in [0.2, 0.25) is 0 Å². The summed E-state index contributed by atoms with van der Waals surface area (Å²) >= 11 is 0. The summed E-state index contributed by atoms with van der Waals surface area (Å²) in [4.78, 5) is 11.5. The lowest BCUT2D eigenvalue weighted by Crippen LogP contribution is -2.36. The fraction of sp³-hybridized carbons (Fsp3) is 0.857. The van der Waals surface area contributed by atoms with Gasteiger partial charge in [0.1, 0.15) is 0 Å². The molecule has 0 bridgehead atoms. The van der Waals surface area contributed by atoms with E-state index in [9.17, 15) is 13.2 Å². The summed E-state index contributed by atoms with van der Waals surface area (Å²) < 4.78 is 23.7. The van der Waals surface area contributed by atoms with E-state index in [2.05, 4.69) is 0 Å². The SMILES string of the molecule is CC1(C)CS(=O)(=O)N(CCN)C1=O. The van der Waals surface area contributed by atoms with Crippen LogP contribution in [0.15, 0.2) is 0 Å². The number of hydrogen-bond acceptors (Lipinski definition) is 4. The van der Waals surface area contributed by atoms with Gasteiger partial charge in [-0.1, -0.05) is 0 Å². The number of nitrogens with two attached hydrogens (primary N) is 1. The molecule has 2 N–H and O–H groups in total. The van der Waals surface area contributed by atoms with Gasteiger partial charge in [-0.15, -0.1) is 0 Å². The van der Waals surface area contributed by atoms with E-state index < -0.39 is 15.4 Å². The monoisotopic (exact) mass is 206 g/mol. The van der Waals surface area contributed by atoms with Gasteiger partial charge in [0, 0.05) is 13.1 Å². The molecule has 76 valence electrons. The van der Waals surface area contributed by atoms with E-state index in [4.69, 9.17) is 5.73 Å². The lowest BCUT2D eigenvalue weighted by atomic mass is 9.95. The molecule has 1 fully saturated rings. The van der Waals surface area contributed by atoms with Gasteiger partial charge >= 0.3 is 0 Å². The second kappa shape index (κ2) is 2.95. The standard InChI is InChI=1S/C7H14N2O3S/c1-7(2)5-13(11,12)9(4-3-8)6(7)10/h3-5,8H2,1-2H3. The van der Waals surface area contributed by atoms with Crippen LogP contribution in [0.5, 0.6) is 0 Å². The van der Waals surface area contributed by atoms with Crippen LogP contribution < -0.4 is 5.73 Å². The van der Waals surface area contributed by atoms with Crippen LogP contribution in [-0.4, -0.2) is 37.5 Å². The van der Waals surface area contributed by atoms with Crippen LogP contribution in [0.3, 0.4) is 0 Å². The largest absolute Gasteiger partial charge is 0.329 e. The normalized spacial score (nSPS) is 25.2. The highest BCUT2D eigenvalue weighted by Gasteiger charge is 2.48. The Balaban J connectivity index is 3.03. The highest BCUT2D eigenvalue weighted by Crippen LogP contribution is 2.30. The van der Waals surface area contributed by atoms with E-state index in [-0.39, 0.29) is 24.7 Å². The van der Waals surface area contributed by atoms with Gasteiger partial charge < -0.3 is 5.73 Å². The van der Waals surface area contributed by atoms with Gasteiger partial charge in [-0.05, 0) is 13.8 Å². The second-order valence-electron chi connectivity index (χ2n) is 3.81. The number of carbonyl (C=O) groups excluding carboxylic acids is 1. The summed E-state index contributed by atoms with van der Waals surface area (Å²) in [5.74, 6) is -0.461. The maximum atomic E-state index is 11.5. The zero-order valence-electron chi connectivity index (χ0n) is 7.78. The van der Waals surface area contributed by atoms with Gasteiger partial charge in [0.15, 0.2) is 0 Å². The molecule has 0 saturated carbocycles. The summed E-state index contributed by atoms with van der Waals surface area (Å²) in [5.41, 5.74) is 4.42. The molecule has 6 heteroatoms. The zero-order valence-corrected chi connectivity index (χ0v) is 8.60. The van der Waals surface area contributed by atoms with Crippen LogP contribution >= 0.6 is 0 Å². The third kappa shape index (κ3) is 1.68. The van der Waals surface area contributed by atoms with Crippen LogP contribution in [0.4, 0.5) is 0 Å². The first-order chi connectivity index (χ1) is 5.81. The summed E-state index contributed by atoms with van der Waals surface area (Å²) in [6.45, 7) is 3.51. The quantitative estimate of drug-likeness (QED) is 0.637. The van der Waals surface area contributed by atoms with Crippen LogP contribution in [-0.2, 0) is 14.8 Å². The molecular formula is C7H14N2O3S. The van der Waals surface area contributed by atoms with E-state index >= 15 is 0 Å². The minimum absolute atomic E-state index is 0.0879. The molecule has 0 radical (unpaired) electrons. The number of amides is 1.